The van der Waals surface area contributed by atoms with Crippen molar-refractivity contribution in [3.8, 4) is 6.07 Å². The SMILES string of the molecule is CC(C)(Nc1cnn(C2CCN(S(=O)(=O)c3ccc(C#N)cc3)CC2)c(=O)c1Cl)C1CCCOC1. The molecule has 1 atom stereocenters. The van der Waals surface area contributed by atoms with E-state index in [1.807, 2.05) is 6.07 Å². The van der Waals surface area contributed by atoms with Crippen LogP contribution in [0.2, 0.25) is 5.02 Å². The predicted octanol–water partition coefficient (Wildman–Crippen LogP) is 3.41. The van der Waals surface area contributed by atoms with Gasteiger partial charge in [-0.15, -0.1) is 0 Å². The molecule has 2 saturated heterocycles. The van der Waals surface area contributed by atoms with Crippen molar-refractivity contribution in [2.24, 2.45) is 5.92 Å². The highest BCUT2D eigenvalue weighted by molar-refractivity contribution is 7.89. The topological polar surface area (TPSA) is 117 Å². The van der Waals surface area contributed by atoms with Gasteiger partial charge in [0.25, 0.3) is 5.56 Å². The molecule has 2 aliphatic rings. The summed E-state index contributed by atoms with van der Waals surface area (Å²) in [6.07, 6.45) is 4.50. The second kappa shape index (κ2) is 10.3. The van der Waals surface area contributed by atoms with Gasteiger partial charge in [-0.1, -0.05) is 11.6 Å². The molecule has 2 aliphatic heterocycles. The van der Waals surface area contributed by atoms with Crippen LogP contribution < -0.4 is 10.9 Å². The Balaban J connectivity index is 1.45. The van der Waals surface area contributed by atoms with Crippen molar-refractivity contribution in [2.75, 3.05) is 31.6 Å². The highest BCUT2D eigenvalue weighted by atomic mass is 35.5. The minimum Gasteiger partial charge on any atom is -0.381 e. The molecule has 0 bridgehead atoms. The Hall–Kier alpha value is -2.45. The summed E-state index contributed by atoms with van der Waals surface area (Å²) in [5, 5.41) is 16.8. The number of hydrogen-bond donors (Lipinski definition) is 1. The van der Waals surface area contributed by atoms with Crippen molar-refractivity contribution in [3.63, 3.8) is 0 Å². The first-order valence-electron chi connectivity index (χ1n) is 11.8. The molecule has 4 rings (SSSR count). The van der Waals surface area contributed by atoms with Crippen molar-refractivity contribution < 1.29 is 13.2 Å². The van der Waals surface area contributed by atoms with Gasteiger partial charge in [0.1, 0.15) is 5.02 Å². The van der Waals surface area contributed by atoms with Crippen LogP contribution in [0.1, 0.15) is 51.1 Å². The number of hydrogen-bond acceptors (Lipinski definition) is 7. The Labute approximate surface area is 210 Å². The van der Waals surface area contributed by atoms with Gasteiger partial charge in [-0.25, -0.2) is 13.1 Å². The molecule has 2 fully saturated rings. The zero-order chi connectivity index (χ0) is 25.2. The first-order chi connectivity index (χ1) is 16.6. The molecule has 1 unspecified atom stereocenters. The van der Waals surface area contributed by atoms with E-state index in [0.29, 0.717) is 30.7 Å². The minimum absolute atomic E-state index is 0.0810. The number of rotatable bonds is 6. The molecule has 188 valence electrons. The van der Waals surface area contributed by atoms with E-state index in [0.717, 1.165) is 19.4 Å². The van der Waals surface area contributed by atoms with Crippen molar-refractivity contribution in [2.45, 2.75) is 56.0 Å². The van der Waals surface area contributed by atoms with Crippen LogP contribution in [-0.2, 0) is 14.8 Å². The Kier molecular flexibility index (Phi) is 7.52. The van der Waals surface area contributed by atoms with Gasteiger partial charge in [0.05, 0.1) is 41.1 Å². The molecular weight excluding hydrogens is 490 g/mol. The average Bonchev–Trinajstić information content (AvgIpc) is 2.87. The quantitative estimate of drug-likeness (QED) is 0.621. The van der Waals surface area contributed by atoms with E-state index < -0.39 is 10.0 Å². The van der Waals surface area contributed by atoms with E-state index in [-0.39, 0.29) is 46.1 Å². The third-order valence-electron chi connectivity index (χ3n) is 6.97. The fraction of sp³-hybridized carbons (Fsp3) is 0.542. The molecule has 1 aromatic carbocycles. The Morgan fingerprint density at radius 1 is 1.20 bits per heavy atom. The Bertz CT molecular complexity index is 1260. The van der Waals surface area contributed by atoms with Crippen molar-refractivity contribution >= 4 is 27.3 Å². The summed E-state index contributed by atoms with van der Waals surface area (Å²) in [7, 11) is -3.68. The zero-order valence-corrected chi connectivity index (χ0v) is 21.5. The number of sulfonamides is 1. The predicted molar refractivity (Wildman–Crippen MR) is 133 cm³/mol. The van der Waals surface area contributed by atoms with Crippen LogP contribution in [0.5, 0.6) is 0 Å². The smallest absolute Gasteiger partial charge is 0.287 e. The number of anilines is 1. The molecule has 0 saturated carbocycles. The molecular formula is C24H30ClN5O4S. The number of aromatic nitrogens is 2. The van der Waals surface area contributed by atoms with Crippen LogP contribution in [0.3, 0.4) is 0 Å². The van der Waals surface area contributed by atoms with Gasteiger partial charge in [-0.2, -0.15) is 14.7 Å². The molecule has 3 heterocycles. The number of piperidine rings is 1. The lowest BCUT2D eigenvalue weighted by atomic mass is 9.83. The fourth-order valence-corrected chi connectivity index (χ4v) is 6.38. The first kappa shape index (κ1) is 25.6. The van der Waals surface area contributed by atoms with Gasteiger partial charge in [-0.3, -0.25) is 4.79 Å². The molecule has 0 aliphatic carbocycles. The fourth-order valence-electron chi connectivity index (χ4n) is 4.73. The molecule has 0 radical (unpaired) electrons. The lowest BCUT2D eigenvalue weighted by Crippen LogP contribution is -2.44. The number of nitriles is 1. The molecule has 0 spiro atoms. The number of halogens is 1. The molecule has 0 amide bonds. The van der Waals surface area contributed by atoms with E-state index >= 15 is 0 Å². The van der Waals surface area contributed by atoms with Crippen LogP contribution in [-0.4, -0.2) is 54.3 Å². The summed E-state index contributed by atoms with van der Waals surface area (Å²) >= 11 is 6.47. The number of benzene rings is 1. The normalized spacial score (nSPS) is 20.3. The van der Waals surface area contributed by atoms with Gasteiger partial charge in [-0.05, 0) is 63.8 Å². The second-order valence-corrected chi connectivity index (χ2v) is 12.0. The highest BCUT2D eigenvalue weighted by Gasteiger charge is 2.34. The summed E-state index contributed by atoms with van der Waals surface area (Å²) < 4.78 is 34.4. The van der Waals surface area contributed by atoms with Crippen molar-refractivity contribution in [1.82, 2.24) is 14.1 Å². The summed E-state index contributed by atoms with van der Waals surface area (Å²) in [5.74, 6) is 0.289. The maximum Gasteiger partial charge on any atom is 0.287 e. The summed E-state index contributed by atoms with van der Waals surface area (Å²) in [5.41, 5.74) is 0.179. The molecule has 1 aromatic heterocycles. The lowest BCUT2D eigenvalue weighted by Gasteiger charge is -2.38. The summed E-state index contributed by atoms with van der Waals surface area (Å²) in [6, 6.07) is 7.60. The molecule has 11 heteroatoms. The Morgan fingerprint density at radius 3 is 2.49 bits per heavy atom. The maximum atomic E-state index is 13.1. The van der Waals surface area contributed by atoms with Gasteiger partial charge < -0.3 is 10.1 Å². The molecule has 1 N–H and O–H groups in total. The van der Waals surface area contributed by atoms with Gasteiger partial charge in [0, 0.05) is 31.2 Å². The van der Waals surface area contributed by atoms with Crippen LogP contribution in [0.4, 0.5) is 5.69 Å². The second-order valence-electron chi connectivity index (χ2n) is 9.65. The molecule has 35 heavy (non-hydrogen) atoms. The lowest BCUT2D eigenvalue weighted by molar-refractivity contribution is 0.0336. The third-order valence-corrected chi connectivity index (χ3v) is 9.25. The van der Waals surface area contributed by atoms with E-state index in [2.05, 4.69) is 24.3 Å². The Morgan fingerprint density at radius 2 is 1.89 bits per heavy atom. The first-order valence-corrected chi connectivity index (χ1v) is 13.6. The van der Waals surface area contributed by atoms with Crippen LogP contribution in [0.15, 0.2) is 40.2 Å². The van der Waals surface area contributed by atoms with E-state index in [1.54, 1.807) is 6.20 Å². The van der Waals surface area contributed by atoms with Crippen LogP contribution in [0, 0.1) is 17.2 Å². The van der Waals surface area contributed by atoms with E-state index in [4.69, 9.17) is 21.6 Å². The monoisotopic (exact) mass is 519 g/mol. The van der Waals surface area contributed by atoms with E-state index in [1.165, 1.54) is 33.3 Å². The van der Waals surface area contributed by atoms with Gasteiger partial charge >= 0.3 is 0 Å². The molecule has 9 nitrogen and oxygen atoms in total. The standard InChI is InChI=1S/C24H30ClN5O4S/c1-24(2,18-4-3-13-34-16-18)28-21-15-27-30(23(31)22(21)25)19-9-11-29(12-10-19)35(32,33)20-7-5-17(14-26)6-8-20/h5-8,15,18-19,28H,3-4,9-13,16H2,1-2H3. The summed E-state index contributed by atoms with van der Waals surface area (Å²) in [4.78, 5) is 13.2. The average molecular weight is 520 g/mol. The van der Waals surface area contributed by atoms with Gasteiger partial charge in [0.2, 0.25) is 10.0 Å². The largest absolute Gasteiger partial charge is 0.381 e. The van der Waals surface area contributed by atoms with Crippen LogP contribution in [0.25, 0.3) is 0 Å². The molecule has 2 aromatic rings. The van der Waals surface area contributed by atoms with Crippen molar-refractivity contribution in [1.29, 1.82) is 5.26 Å². The van der Waals surface area contributed by atoms with Gasteiger partial charge in [0.15, 0.2) is 0 Å². The summed E-state index contributed by atoms with van der Waals surface area (Å²) in [6.45, 7) is 6.09. The number of nitrogens with zero attached hydrogens (tertiary/aromatic N) is 4. The minimum atomic E-state index is -3.68. The van der Waals surface area contributed by atoms with Crippen molar-refractivity contribution in [3.05, 3.63) is 51.4 Å². The van der Waals surface area contributed by atoms with Crippen LogP contribution >= 0.6 is 11.6 Å². The maximum absolute atomic E-state index is 13.1. The highest BCUT2D eigenvalue weighted by Crippen LogP contribution is 2.32. The zero-order valence-electron chi connectivity index (χ0n) is 19.9. The third kappa shape index (κ3) is 5.38. The number of nitrogens with one attached hydrogen (secondary N) is 1. The number of ether oxygens (including phenoxy) is 1. The van der Waals surface area contributed by atoms with E-state index in [9.17, 15) is 13.2 Å².